The summed E-state index contributed by atoms with van der Waals surface area (Å²) in [5.41, 5.74) is 2.29. The Kier molecular flexibility index (Phi) is 6.58. The highest BCUT2D eigenvalue weighted by molar-refractivity contribution is 7.89. The van der Waals surface area contributed by atoms with Gasteiger partial charge in [0.25, 0.3) is 0 Å². The molecule has 0 bridgehead atoms. The molecule has 0 N–H and O–H groups in total. The highest BCUT2D eigenvalue weighted by atomic mass is 32.2. The number of amides is 1. The molecule has 3 aromatic carbocycles. The predicted molar refractivity (Wildman–Crippen MR) is 124 cm³/mol. The fourth-order valence-corrected chi connectivity index (χ4v) is 5.33. The topological polar surface area (TPSA) is 66.9 Å². The maximum Gasteiger partial charge on any atom is 0.243 e. The first-order valence-electron chi connectivity index (χ1n) is 10.6. The first kappa shape index (κ1) is 22.0. The zero-order valence-electron chi connectivity index (χ0n) is 18.0. The summed E-state index contributed by atoms with van der Waals surface area (Å²) in [5.74, 6) is 0.458. The summed E-state index contributed by atoms with van der Waals surface area (Å²) in [5, 5.41) is 0. The van der Waals surface area contributed by atoms with Crippen molar-refractivity contribution in [3.63, 3.8) is 0 Å². The summed E-state index contributed by atoms with van der Waals surface area (Å²) >= 11 is 0. The van der Waals surface area contributed by atoms with Gasteiger partial charge in [-0.05, 0) is 35.7 Å². The largest absolute Gasteiger partial charge is 0.495 e. The Labute approximate surface area is 189 Å². The molecule has 0 spiro atoms. The number of anilines is 1. The minimum absolute atomic E-state index is 0.0247. The molecule has 0 saturated carbocycles. The normalized spacial score (nSPS) is 14.2. The Morgan fingerprint density at radius 2 is 1.50 bits per heavy atom. The van der Waals surface area contributed by atoms with Gasteiger partial charge in [-0.2, -0.15) is 4.31 Å². The van der Waals surface area contributed by atoms with Crippen molar-refractivity contribution in [3.05, 3.63) is 90.0 Å². The van der Waals surface area contributed by atoms with Crippen molar-refractivity contribution < 1.29 is 17.9 Å². The summed E-state index contributed by atoms with van der Waals surface area (Å²) in [7, 11) is -2.33. The number of sulfonamides is 1. The maximum absolute atomic E-state index is 13.8. The monoisotopic (exact) mass is 450 g/mol. The van der Waals surface area contributed by atoms with Crippen molar-refractivity contribution in [3.8, 4) is 5.75 Å². The molecule has 32 heavy (non-hydrogen) atoms. The number of benzene rings is 3. The van der Waals surface area contributed by atoms with Gasteiger partial charge in [0.1, 0.15) is 5.75 Å². The number of carbonyl (C=O) groups is 1. The van der Waals surface area contributed by atoms with Gasteiger partial charge in [0.2, 0.25) is 15.9 Å². The number of methoxy groups -OCH3 is 1. The minimum Gasteiger partial charge on any atom is -0.495 e. The molecule has 4 rings (SSSR count). The fraction of sp³-hybridized carbons (Fsp3) is 0.240. The number of carbonyl (C=O) groups excluding carboxylic acids is 1. The molecule has 0 aliphatic carbocycles. The van der Waals surface area contributed by atoms with Crippen LogP contribution in [0.25, 0.3) is 0 Å². The highest BCUT2D eigenvalue weighted by Crippen LogP contribution is 2.35. The predicted octanol–water partition coefficient (Wildman–Crippen LogP) is 4.21. The fourth-order valence-electron chi connectivity index (χ4n) is 3.89. The standard InChI is InChI=1S/C25H26N2O4S/c1-31-24-15-14-22(17-23(24)27-16-8-13-25(27)28)32(29,30)26(18-20-9-4-2-5-10-20)19-21-11-6-3-7-12-21/h2-7,9-12,14-15,17H,8,13,16,18-19H2,1H3. The van der Waals surface area contributed by atoms with E-state index in [4.69, 9.17) is 4.74 Å². The van der Waals surface area contributed by atoms with Gasteiger partial charge in [-0.15, -0.1) is 0 Å². The number of rotatable bonds is 8. The van der Waals surface area contributed by atoms with Crippen LogP contribution in [0.3, 0.4) is 0 Å². The Bertz CT molecular complexity index is 1140. The van der Waals surface area contributed by atoms with Gasteiger partial charge >= 0.3 is 0 Å². The zero-order valence-corrected chi connectivity index (χ0v) is 18.8. The summed E-state index contributed by atoms with van der Waals surface area (Å²) in [4.78, 5) is 14.1. The third kappa shape index (κ3) is 4.69. The van der Waals surface area contributed by atoms with Crippen LogP contribution in [0.2, 0.25) is 0 Å². The third-order valence-electron chi connectivity index (χ3n) is 5.56. The molecule has 0 aromatic heterocycles. The Balaban J connectivity index is 1.73. The van der Waals surface area contributed by atoms with E-state index < -0.39 is 10.0 Å². The third-order valence-corrected chi connectivity index (χ3v) is 7.34. The minimum atomic E-state index is -3.85. The van der Waals surface area contributed by atoms with Crippen LogP contribution in [0.5, 0.6) is 5.75 Å². The molecule has 7 heteroatoms. The van der Waals surface area contributed by atoms with Crippen molar-refractivity contribution in [2.24, 2.45) is 0 Å². The summed E-state index contributed by atoms with van der Waals surface area (Å²) in [6.07, 6.45) is 1.20. The summed E-state index contributed by atoms with van der Waals surface area (Å²) in [6, 6.07) is 23.8. The van der Waals surface area contributed by atoms with Crippen LogP contribution < -0.4 is 9.64 Å². The van der Waals surface area contributed by atoms with Gasteiger partial charge in [0.15, 0.2) is 0 Å². The number of ether oxygens (including phenoxy) is 1. The van der Waals surface area contributed by atoms with E-state index >= 15 is 0 Å². The number of hydrogen-bond donors (Lipinski definition) is 0. The summed E-state index contributed by atoms with van der Waals surface area (Å²) in [6.45, 7) is 1.03. The number of nitrogens with zero attached hydrogens (tertiary/aromatic N) is 2. The van der Waals surface area contributed by atoms with Crippen molar-refractivity contribution in [1.82, 2.24) is 4.31 Å². The van der Waals surface area contributed by atoms with Crippen molar-refractivity contribution >= 4 is 21.6 Å². The van der Waals surface area contributed by atoms with Crippen molar-refractivity contribution in [2.75, 3.05) is 18.6 Å². The molecule has 1 aliphatic rings. The second kappa shape index (κ2) is 9.54. The Hall–Kier alpha value is -3.16. The lowest BCUT2D eigenvalue weighted by Gasteiger charge is -2.24. The van der Waals surface area contributed by atoms with Crippen LogP contribution in [0.1, 0.15) is 24.0 Å². The molecule has 1 heterocycles. The SMILES string of the molecule is COc1ccc(S(=O)(=O)N(Cc2ccccc2)Cc2ccccc2)cc1N1CCCC1=O. The van der Waals surface area contributed by atoms with Crippen molar-refractivity contribution in [1.29, 1.82) is 0 Å². The molecule has 0 unspecified atom stereocenters. The van der Waals surface area contributed by atoms with Gasteiger partial charge in [-0.3, -0.25) is 4.79 Å². The molecule has 0 radical (unpaired) electrons. The molecule has 1 amide bonds. The molecule has 166 valence electrons. The zero-order chi connectivity index (χ0) is 22.6. The highest BCUT2D eigenvalue weighted by Gasteiger charge is 2.29. The van der Waals surface area contributed by atoms with Crippen LogP contribution >= 0.6 is 0 Å². The lowest BCUT2D eigenvalue weighted by atomic mass is 10.2. The van der Waals surface area contributed by atoms with E-state index in [-0.39, 0.29) is 23.9 Å². The van der Waals surface area contributed by atoms with E-state index in [2.05, 4.69) is 0 Å². The lowest BCUT2D eigenvalue weighted by Crippen LogP contribution is -2.31. The van der Waals surface area contributed by atoms with Crippen LogP contribution in [0, 0.1) is 0 Å². The average molecular weight is 451 g/mol. The Morgan fingerprint density at radius 1 is 0.906 bits per heavy atom. The molecule has 6 nitrogen and oxygen atoms in total. The van der Waals surface area contributed by atoms with Gasteiger partial charge in [-0.1, -0.05) is 60.7 Å². The van der Waals surface area contributed by atoms with Crippen LogP contribution in [-0.4, -0.2) is 32.3 Å². The molecular formula is C25H26N2O4S. The van der Waals surface area contributed by atoms with E-state index in [1.165, 1.54) is 11.4 Å². The smallest absolute Gasteiger partial charge is 0.243 e. The first-order chi connectivity index (χ1) is 15.5. The average Bonchev–Trinajstić information content (AvgIpc) is 3.25. The molecule has 1 saturated heterocycles. The van der Waals surface area contributed by atoms with Crippen molar-refractivity contribution in [2.45, 2.75) is 30.8 Å². The van der Waals surface area contributed by atoms with Crippen LogP contribution in [0.4, 0.5) is 5.69 Å². The quantitative estimate of drug-likeness (QED) is 0.516. The molecule has 1 aliphatic heterocycles. The van der Waals surface area contributed by atoms with E-state index in [0.717, 1.165) is 17.5 Å². The first-order valence-corrected chi connectivity index (χ1v) is 12.0. The second-order valence-electron chi connectivity index (χ2n) is 7.73. The van der Waals surface area contributed by atoms with Gasteiger partial charge in [-0.25, -0.2) is 8.42 Å². The molecule has 1 fully saturated rings. The molecule has 3 aromatic rings. The van der Waals surface area contributed by atoms with Gasteiger partial charge in [0, 0.05) is 26.1 Å². The van der Waals surface area contributed by atoms with Gasteiger partial charge in [0.05, 0.1) is 17.7 Å². The van der Waals surface area contributed by atoms with Crippen LogP contribution in [0.15, 0.2) is 83.8 Å². The Morgan fingerprint density at radius 3 is 2.00 bits per heavy atom. The van der Waals surface area contributed by atoms with E-state index in [0.29, 0.717) is 24.4 Å². The molecular weight excluding hydrogens is 424 g/mol. The van der Waals surface area contributed by atoms with E-state index in [9.17, 15) is 13.2 Å². The van der Waals surface area contributed by atoms with E-state index in [1.807, 2.05) is 60.7 Å². The van der Waals surface area contributed by atoms with Crippen LogP contribution in [-0.2, 0) is 27.9 Å². The maximum atomic E-state index is 13.8. The molecule has 0 atom stereocenters. The number of hydrogen-bond acceptors (Lipinski definition) is 4. The second-order valence-corrected chi connectivity index (χ2v) is 9.66. The van der Waals surface area contributed by atoms with E-state index in [1.54, 1.807) is 23.1 Å². The lowest BCUT2D eigenvalue weighted by molar-refractivity contribution is -0.117. The van der Waals surface area contributed by atoms with Gasteiger partial charge < -0.3 is 9.64 Å². The summed E-state index contributed by atoms with van der Waals surface area (Å²) < 4.78 is 34.4.